The topological polar surface area (TPSA) is 79.6 Å². The number of rotatable bonds is 8. The maximum atomic E-state index is 15.0. The van der Waals surface area contributed by atoms with Gasteiger partial charge in [0.1, 0.15) is 17.1 Å². The molecule has 0 radical (unpaired) electrons. The Morgan fingerprint density at radius 2 is 1.36 bits per heavy atom. The van der Waals surface area contributed by atoms with Crippen LogP contribution in [0.4, 0.5) is 0 Å². The monoisotopic (exact) mass is 663 g/mol. The standard InChI is InChI=1S/C40H35Cl2NO4/c1-46-31-18-13-26(14-19-31)33-24-40(45,29-11-7-4-8-12-29)37(38(44)28-9-5-3-6-10-28)36(27-15-20-32(47-2)21-16-27)39(33,25-43)30-17-22-34(41)35(42)23-30/h3-23,33-37,45H,24H2,1-2H3/t33-,34+,35+,36-,37+,39-,40-/m0/s1. The highest BCUT2D eigenvalue weighted by Gasteiger charge is 2.65. The number of methoxy groups -OCH3 is 2. The first-order chi connectivity index (χ1) is 22.8. The smallest absolute Gasteiger partial charge is 0.169 e. The van der Waals surface area contributed by atoms with E-state index in [0.29, 0.717) is 33.8 Å². The lowest BCUT2D eigenvalue weighted by Crippen LogP contribution is -2.56. The number of ether oxygens (including phenoxy) is 2. The van der Waals surface area contributed by atoms with Crippen LogP contribution in [-0.2, 0) is 5.60 Å². The number of carbonyl (C=O) groups excluding carboxylic acids is 1. The zero-order valence-electron chi connectivity index (χ0n) is 26.1. The highest BCUT2D eigenvalue weighted by molar-refractivity contribution is 6.32. The molecule has 47 heavy (non-hydrogen) atoms. The van der Waals surface area contributed by atoms with Crippen molar-refractivity contribution in [2.45, 2.75) is 34.6 Å². The lowest BCUT2D eigenvalue weighted by Gasteiger charge is -2.56. The average Bonchev–Trinajstić information content (AvgIpc) is 3.13. The van der Waals surface area contributed by atoms with Crippen molar-refractivity contribution in [2.24, 2.45) is 11.3 Å². The number of nitriles is 1. The maximum Gasteiger partial charge on any atom is 0.169 e. The molecule has 5 nitrogen and oxygen atoms in total. The zero-order valence-corrected chi connectivity index (χ0v) is 27.6. The highest BCUT2D eigenvalue weighted by atomic mass is 35.5. The largest absolute Gasteiger partial charge is 0.497 e. The molecule has 0 aromatic heterocycles. The summed E-state index contributed by atoms with van der Waals surface area (Å²) in [5.74, 6) is -1.48. The Morgan fingerprint density at radius 3 is 1.89 bits per heavy atom. The maximum absolute atomic E-state index is 15.0. The van der Waals surface area contributed by atoms with Crippen LogP contribution in [0.3, 0.4) is 0 Å². The molecule has 4 aromatic rings. The molecule has 7 heteroatoms. The second-order valence-corrected chi connectivity index (χ2v) is 13.1. The van der Waals surface area contributed by atoms with Gasteiger partial charge in [-0.25, -0.2) is 0 Å². The number of halogens is 2. The summed E-state index contributed by atoms with van der Waals surface area (Å²) in [4.78, 5) is 15.0. The fraction of sp³-hybridized carbons (Fsp3) is 0.250. The number of benzene rings is 4. The third kappa shape index (κ3) is 5.76. The molecule has 0 aliphatic heterocycles. The zero-order chi connectivity index (χ0) is 33.2. The third-order valence-electron chi connectivity index (χ3n) is 9.78. The van der Waals surface area contributed by atoms with E-state index in [-0.39, 0.29) is 12.2 Å². The first kappa shape index (κ1) is 32.6. The van der Waals surface area contributed by atoms with E-state index in [1.165, 1.54) is 0 Å². The van der Waals surface area contributed by atoms with E-state index < -0.39 is 39.5 Å². The normalized spacial score (nSPS) is 28.5. The molecule has 0 saturated heterocycles. The van der Waals surface area contributed by atoms with E-state index in [1.807, 2.05) is 109 Å². The Balaban J connectivity index is 1.72. The van der Waals surface area contributed by atoms with Crippen LogP contribution >= 0.6 is 23.2 Å². The lowest BCUT2D eigenvalue weighted by molar-refractivity contribution is -0.0812. The fourth-order valence-corrected chi connectivity index (χ4v) is 7.87. The quantitative estimate of drug-likeness (QED) is 0.151. The van der Waals surface area contributed by atoms with E-state index in [4.69, 9.17) is 32.7 Å². The molecule has 0 amide bonds. The van der Waals surface area contributed by atoms with Crippen LogP contribution in [0.2, 0.25) is 0 Å². The molecule has 4 aromatic carbocycles. The minimum Gasteiger partial charge on any atom is -0.497 e. The van der Waals surface area contributed by atoms with Crippen LogP contribution in [0.5, 0.6) is 11.5 Å². The second-order valence-electron chi connectivity index (χ2n) is 12.1. The van der Waals surface area contributed by atoms with Crippen LogP contribution in [0.1, 0.15) is 45.3 Å². The van der Waals surface area contributed by atoms with Gasteiger partial charge in [-0.15, -0.1) is 23.2 Å². The summed E-state index contributed by atoms with van der Waals surface area (Å²) in [6.45, 7) is 0. The number of carbonyl (C=O) groups is 1. The Hall–Kier alpha value is -4.34. The van der Waals surface area contributed by atoms with Gasteiger partial charge < -0.3 is 14.6 Å². The number of Topliss-reactive ketones (excluding diaryl/α,β-unsaturated/α-hetero) is 1. The minimum atomic E-state index is -1.68. The number of aliphatic hydroxyl groups is 1. The number of hydrogen-bond acceptors (Lipinski definition) is 5. The van der Waals surface area contributed by atoms with Gasteiger partial charge in [0.15, 0.2) is 5.78 Å². The van der Waals surface area contributed by atoms with Crippen molar-refractivity contribution in [1.82, 2.24) is 0 Å². The molecule has 7 atom stereocenters. The summed E-state index contributed by atoms with van der Waals surface area (Å²) >= 11 is 13.3. The van der Waals surface area contributed by atoms with Crippen LogP contribution in [0.25, 0.3) is 0 Å². The summed E-state index contributed by atoms with van der Waals surface area (Å²) in [5, 5.41) is 23.9. The molecule has 0 heterocycles. The number of allylic oxidation sites excluding steroid dienone is 4. The summed E-state index contributed by atoms with van der Waals surface area (Å²) < 4.78 is 11.0. The van der Waals surface area contributed by atoms with Crippen LogP contribution in [0, 0.1) is 22.7 Å². The average molecular weight is 665 g/mol. The van der Waals surface area contributed by atoms with Gasteiger partial charge in [0.05, 0.1) is 42.4 Å². The molecular formula is C40H35Cl2NO4. The Bertz CT molecular complexity index is 1820. The van der Waals surface area contributed by atoms with E-state index in [1.54, 1.807) is 32.4 Å². The third-order valence-corrected chi connectivity index (χ3v) is 10.7. The minimum absolute atomic E-state index is 0.0786. The lowest BCUT2D eigenvalue weighted by atomic mass is 9.45. The van der Waals surface area contributed by atoms with E-state index >= 15 is 4.79 Å². The first-order valence-corrected chi connectivity index (χ1v) is 16.4. The summed E-state index contributed by atoms with van der Waals surface area (Å²) in [6.07, 6.45) is 5.58. The molecule has 0 unspecified atom stereocenters. The predicted molar refractivity (Wildman–Crippen MR) is 185 cm³/mol. The molecule has 0 bridgehead atoms. The number of alkyl halides is 2. The van der Waals surface area contributed by atoms with Crippen molar-refractivity contribution in [1.29, 1.82) is 5.26 Å². The first-order valence-electron chi connectivity index (χ1n) is 15.5. The van der Waals surface area contributed by atoms with E-state index in [9.17, 15) is 10.4 Å². The van der Waals surface area contributed by atoms with Gasteiger partial charge >= 0.3 is 0 Å². The summed E-state index contributed by atoms with van der Waals surface area (Å²) in [7, 11) is 3.19. The molecule has 238 valence electrons. The van der Waals surface area contributed by atoms with Gasteiger partial charge in [-0.1, -0.05) is 103 Å². The summed E-state index contributed by atoms with van der Waals surface area (Å²) in [5.41, 5.74) is 0.172. The van der Waals surface area contributed by atoms with Crippen molar-refractivity contribution in [3.05, 3.63) is 155 Å². The van der Waals surface area contributed by atoms with Gasteiger partial charge in [0, 0.05) is 17.4 Å². The van der Waals surface area contributed by atoms with Gasteiger partial charge in [-0.05, 0) is 52.9 Å². The molecule has 1 fully saturated rings. The molecule has 0 spiro atoms. The summed E-state index contributed by atoms with van der Waals surface area (Å²) in [6, 6.07) is 36.0. The SMILES string of the molecule is COc1ccc([C@@H]2C[C@](O)(c3ccccc3)[C@@H](C(=O)c3ccccc3)[C@H](c3ccc(OC)cc3)[C@@]2(C#N)C2=C[C@@H](Cl)[C@H](Cl)C=C2)cc1. The van der Waals surface area contributed by atoms with Crippen LogP contribution < -0.4 is 9.47 Å². The molecule has 1 saturated carbocycles. The number of nitrogens with zero attached hydrogens (tertiary/aromatic N) is 1. The number of ketones is 1. The van der Waals surface area contributed by atoms with Crippen molar-refractivity contribution >= 4 is 29.0 Å². The molecule has 6 rings (SSSR count). The predicted octanol–water partition coefficient (Wildman–Crippen LogP) is 8.58. The van der Waals surface area contributed by atoms with Crippen LogP contribution in [-0.4, -0.2) is 35.9 Å². The second kappa shape index (κ2) is 13.4. The van der Waals surface area contributed by atoms with E-state index in [0.717, 1.165) is 5.56 Å². The van der Waals surface area contributed by atoms with Gasteiger partial charge in [-0.3, -0.25) is 4.79 Å². The molecular weight excluding hydrogens is 629 g/mol. The Morgan fingerprint density at radius 1 is 0.809 bits per heavy atom. The Kier molecular flexibility index (Phi) is 9.30. The van der Waals surface area contributed by atoms with Crippen molar-refractivity contribution in [2.75, 3.05) is 14.2 Å². The van der Waals surface area contributed by atoms with E-state index in [2.05, 4.69) is 6.07 Å². The van der Waals surface area contributed by atoms with Crippen LogP contribution in [0.15, 0.2) is 133 Å². The van der Waals surface area contributed by atoms with Crippen molar-refractivity contribution in [3.63, 3.8) is 0 Å². The van der Waals surface area contributed by atoms with Gasteiger partial charge in [0.25, 0.3) is 0 Å². The van der Waals surface area contributed by atoms with Gasteiger partial charge in [-0.2, -0.15) is 5.26 Å². The molecule has 1 N–H and O–H groups in total. The molecule has 2 aliphatic carbocycles. The fourth-order valence-electron chi connectivity index (χ4n) is 7.50. The Labute approximate surface area is 285 Å². The highest BCUT2D eigenvalue weighted by Crippen LogP contribution is 2.66. The number of hydrogen-bond donors (Lipinski definition) is 1. The van der Waals surface area contributed by atoms with Crippen molar-refractivity contribution in [3.8, 4) is 17.6 Å². The van der Waals surface area contributed by atoms with Gasteiger partial charge in [0.2, 0.25) is 0 Å². The molecule has 2 aliphatic rings. The van der Waals surface area contributed by atoms with Crippen molar-refractivity contribution < 1.29 is 19.4 Å².